The predicted molar refractivity (Wildman–Crippen MR) is 63.7 cm³/mol. The van der Waals surface area contributed by atoms with Gasteiger partial charge in [0.15, 0.2) is 5.79 Å². The van der Waals surface area contributed by atoms with Gasteiger partial charge in [-0.3, -0.25) is 0 Å². The summed E-state index contributed by atoms with van der Waals surface area (Å²) in [5, 5.41) is 13.3. The molecule has 2 spiro atoms. The topological polar surface area (TPSA) is 50.7 Å². The molecule has 17 heavy (non-hydrogen) atoms. The van der Waals surface area contributed by atoms with E-state index in [2.05, 4.69) is 5.32 Å². The van der Waals surface area contributed by atoms with Gasteiger partial charge in [-0.2, -0.15) is 0 Å². The molecule has 0 radical (unpaired) electrons. The summed E-state index contributed by atoms with van der Waals surface area (Å²) in [5.41, 5.74) is -0.139. The number of piperidine rings is 1. The monoisotopic (exact) mass is 241 g/mol. The molecule has 98 valence electrons. The molecule has 0 amide bonds. The second kappa shape index (κ2) is 4.50. The molecule has 4 nitrogen and oxygen atoms in total. The van der Waals surface area contributed by atoms with Gasteiger partial charge in [-0.15, -0.1) is 0 Å². The van der Waals surface area contributed by atoms with Crippen molar-refractivity contribution in [1.29, 1.82) is 0 Å². The van der Waals surface area contributed by atoms with Crippen LogP contribution >= 0.6 is 0 Å². The van der Waals surface area contributed by atoms with E-state index in [1.165, 1.54) is 19.3 Å². The van der Waals surface area contributed by atoms with Gasteiger partial charge in [-0.1, -0.05) is 6.42 Å². The van der Waals surface area contributed by atoms with Crippen LogP contribution in [0.1, 0.15) is 44.9 Å². The zero-order chi connectivity index (χ0) is 11.8. The SMILES string of the molecule is O[C@H]1CCNC2(COC3(CCCCC3)OC2)C1. The number of ether oxygens (including phenoxy) is 2. The summed E-state index contributed by atoms with van der Waals surface area (Å²) in [7, 11) is 0. The van der Waals surface area contributed by atoms with Crippen molar-refractivity contribution in [3.05, 3.63) is 0 Å². The van der Waals surface area contributed by atoms with E-state index >= 15 is 0 Å². The summed E-state index contributed by atoms with van der Waals surface area (Å²) < 4.78 is 12.1. The van der Waals surface area contributed by atoms with Gasteiger partial charge >= 0.3 is 0 Å². The smallest absolute Gasteiger partial charge is 0.168 e. The minimum atomic E-state index is -0.298. The van der Waals surface area contributed by atoms with Crippen LogP contribution in [-0.4, -0.2) is 42.3 Å². The Kier molecular flexibility index (Phi) is 3.15. The molecule has 1 atom stereocenters. The highest BCUT2D eigenvalue weighted by Crippen LogP contribution is 2.38. The Bertz CT molecular complexity index is 266. The Labute approximate surface area is 103 Å². The Balaban J connectivity index is 1.62. The fourth-order valence-electron chi connectivity index (χ4n) is 3.35. The van der Waals surface area contributed by atoms with Crippen molar-refractivity contribution in [2.75, 3.05) is 19.8 Å². The molecule has 2 N–H and O–H groups in total. The molecular formula is C13H23NO3. The lowest BCUT2D eigenvalue weighted by Crippen LogP contribution is -2.64. The van der Waals surface area contributed by atoms with Gasteiger partial charge in [-0.25, -0.2) is 0 Å². The average Bonchev–Trinajstić information content (AvgIpc) is 2.35. The van der Waals surface area contributed by atoms with E-state index in [1.54, 1.807) is 0 Å². The first-order valence-electron chi connectivity index (χ1n) is 6.93. The van der Waals surface area contributed by atoms with Gasteiger partial charge in [0.25, 0.3) is 0 Å². The molecule has 3 rings (SSSR count). The molecular weight excluding hydrogens is 218 g/mol. The molecule has 0 aromatic rings. The summed E-state index contributed by atoms with van der Waals surface area (Å²) in [6.07, 6.45) is 7.18. The van der Waals surface area contributed by atoms with Crippen LogP contribution in [-0.2, 0) is 9.47 Å². The van der Waals surface area contributed by atoms with E-state index < -0.39 is 0 Å². The Morgan fingerprint density at radius 3 is 2.41 bits per heavy atom. The standard InChI is InChI=1S/C13H23NO3/c15-11-4-7-14-12(8-11)9-16-13(17-10-12)5-2-1-3-6-13/h11,14-15H,1-10H2/t11-/m0/s1. The lowest BCUT2D eigenvalue weighted by Gasteiger charge is -2.50. The van der Waals surface area contributed by atoms with E-state index in [0.29, 0.717) is 13.2 Å². The zero-order valence-electron chi connectivity index (χ0n) is 10.4. The fraction of sp³-hybridized carbons (Fsp3) is 1.00. The molecule has 2 aliphatic heterocycles. The Hall–Kier alpha value is -0.160. The Morgan fingerprint density at radius 2 is 1.76 bits per heavy atom. The van der Waals surface area contributed by atoms with Crippen molar-refractivity contribution >= 4 is 0 Å². The van der Waals surface area contributed by atoms with Gasteiger partial charge in [0.1, 0.15) is 0 Å². The molecule has 2 heterocycles. The molecule has 0 aromatic carbocycles. The first kappa shape index (κ1) is 11.9. The lowest BCUT2D eigenvalue weighted by molar-refractivity contribution is -0.306. The minimum Gasteiger partial charge on any atom is -0.393 e. The third-order valence-corrected chi connectivity index (χ3v) is 4.44. The van der Waals surface area contributed by atoms with Gasteiger partial charge in [0, 0.05) is 12.8 Å². The molecule has 2 saturated heterocycles. The third kappa shape index (κ3) is 2.36. The first-order valence-corrected chi connectivity index (χ1v) is 6.93. The Morgan fingerprint density at radius 1 is 1.06 bits per heavy atom. The summed E-state index contributed by atoms with van der Waals surface area (Å²) >= 11 is 0. The number of aliphatic hydroxyl groups excluding tert-OH is 1. The molecule has 3 fully saturated rings. The van der Waals surface area contributed by atoms with E-state index in [-0.39, 0.29) is 17.4 Å². The highest BCUT2D eigenvalue weighted by atomic mass is 16.7. The molecule has 0 bridgehead atoms. The molecule has 3 aliphatic rings. The molecule has 0 unspecified atom stereocenters. The highest BCUT2D eigenvalue weighted by molar-refractivity contribution is 4.98. The van der Waals surface area contributed by atoms with Crippen LogP contribution in [0.15, 0.2) is 0 Å². The van der Waals surface area contributed by atoms with E-state index in [0.717, 1.165) is 32.2 Å². The number of hydrogen-bond donors (Lipinski definition) is 2. The van der Waals surface area contributed by atoms with E-state index in [4.69, 9.17) is 9.47 Å². The summed E-state index contributed by atoms with van der Waals surface area (Å²) in [5.74, 6) is -0.298. The molecule has 1 aliphatic carbocycles. The molecule has 1 saturated carbocycles. The number of hydrogen-bond acceptors (Lipinski definition) is 4. The van der Waals surface area contributed by atoms with Crippen molar-refractivity contribution in [3.63, 3.8) is 0 Å². The number of aliphatic hydroxyl groups is 1. The van der Waals surface area contributed by atoms with Crippen LogP contribution in [0, 0.1) is 0 Å². The van der Waals surface area contributed by atoms with Crippen molar-refractivity contribution < 1.29 is 14.6 Å². The van der Waals surface area contributed by atoms with E-state index in [9.17, 15) is 5.11 Å². The lowest BCUT2D eigenvalue weighted by atomic mass is 9.86. The first-order chi connectivity index (χ1) is 8.22. The maximum atomic E-state index is 9.78. The van der Waals surface area contributed by atoms with Crippen molar-refractivity contribution in [3.8, 4) is 0 Å². The molecule has 4 heteroatoms. The summed E-state index contributed by atoms with van der Waals surface area (Å²) in [4.78, 5) is 0. The maximum Gasteiger partial charge on any atom is 0.168 e. The van der Waals surface area contributed by atoms with Gasteiger partial charge in [0.2, 0.25) is 0 Å². The largest absolute Gasteiger partial charge is 0.393 e. The zero-order valence-corrected chi connectivity index (χ0v) is 10.4. The van der Waals surface area contributed by atoms with Crippen molar-refractivity contribution in [2.45, 2.75) is 62.4 Å². The quantitative estimate of drug-likeness (QED) is 0.668. The van der Waals surface area contributed by atoms with Gasteiger partial charge in [-0.05, 0) is 32.2 Å². The van der Waals surface area contributed by atoms with Crippen LogP contribution in [0.25, 0.3) is 0 Å². The average molecular weight is 241 g/mol. The highest BCUT2D eigenvalue weighted by Gasteiger charge is 2.46. The second-order valence-corrected chi connectivity index (χ2v) is 5.90. The van der Waals surface area contributed by atoms with Crippen molar-refractivity contribution in [2.24, 2.45) is 0 Å². The van der Waals surface area contributed by atoms with E-state index in [1.807, 2.05) is 0 Å². The van der Waals surface area contributed by atoms with Gasteiger partial charge < -0.3 is 19.9 Å². The van der Waals surface area contributed by atoms with Crippen LogP contribution < -0.4 is 5.32 Å². The number of nitrogens with one attached hydrogen (secondary N) is 1. The van der Waals surface area contributed by atoms with Gasteiger partial charge in [0.05, 0.1) is 24.9 Å². The minimum absolute atomic E-state index is 0.139. The molecule has 0 aromatic heterocycles. The second-order valence-electron chi connectivity index (χ2n) is 5.90. The summed E-state index contributed by atoms with van der Waals surface area (Å²) in [6.45, 7) is 2.23. The predicted octanol–water partition coefficient (Wildman–Crippen LogP) is 1.18. The van der Waals surface area contributed by atoms with Crippen molar-refractivity contribution in [1.82, 2.24) is 5.32 Å². The number of rotatable bonds is 0. The van der Waals surface area contributed by atoms with Crippen LogP contribution in [0.5, 0.6) is 0 Å². The fourth-order valence-corrected chi connectivity index (χ4v) is 3.35. The third-order valence-electron chi connectivity index (χ3n) is 4.44. The van der Waals surface area contributed by atoms with Crippen LogP contribution in [0.2, 0.25) is 0 Å². The maximum absolute atomic E-state index is 9.78. The van der Waals surface area contributed by atoms with Crippen LogP contribution in [0.3, 0.4) is 0 Å². The normalized spacial score (nSPS) is 36.2. The summed E-state index contributed by atoms with van der Waals surface area (Å²) in [6, 6.07) is 0. The van der Waals surface area contributed by atoms with Crippen LogP contribution in [0.4, 0.5) is 0 Å².